The lowest BCUT2D eigenvalue weighted by molar-refractivity contribution is 0.833. The molecule has 3 nitrogen and oxygen atoms in total. The Balaban J connectivity index is 2.06. The summed E-state index contributed by atoms with van der Waals surface area (Å²) in [7, 11) is 0. The van der Waals surface area contributed by atoms with E-state index in [0.29, 0.717) is 5.02 Å². The molecule has 0 unspecified atom stereocenters. The van der Waals surface area contributed by atoms with Gasteiger partial charge in [-0.05, 0) is 49.2 Å². The summed E-state index contributed by atoms with van der Waals surface area (Å²) >= 11 is 5.79. The third kappa shape index (κ3) is 3.72. The molecule has 1 aromatic heterocycles. The Bertz CT molecular complexity index is 497. The van der Waals surface area contributed by atoms with Crippen LogP contribution < -0.4 is 11.1 Å². The Hall–Kier alpha value is -1.58. The first-order valence-electron chi connectivity index (χ1n) is 5.95. The summed E-state index contributed by atoms with van der Waals surface area (Å²) in [4.78, 5) is 4.20. The van der Waals surface area contributed by atoms with Crippen molar-refractivity contribution in [2.45, 2.75) is 12.8 Å². The minimum Gasteiger partial charge on any atom is -0.340 e. The van der Waals surface area contributed by atoms with E-state index in [2.05, 4.69) is 22.4 Å². The van der Waals surface area contributed by atoms with Gasteiger partial charge in [0.1, 0.15) is 5.82 Å². The molecule has 0 bridgehead atoms. The van der Waals surface area contributed by atoms with Crippen molar-refractivity contribution in [3.63, 3.8) is 0 Å². The van der Waals surface area contributed by atoms with Crippen LogP contribution in [-0.4, -0.2) is 11.5 Å². The van der Waals surface area contributed by atoms with E-state index >= 15 is 0 Å². The van der Waals surface area contributed by atoms with Gasteiger partial charge in [-0.3, -0.25) is 0 Å². The van der Waals surface area contributed by atoms with Crippen LogP contribution in [0.25, 0.3) is 0 Å². The first-order valence-corrected chi connectivity index (χ1v) is 6.33. The van der Waals surface area contributed by atoms with E-state index in [1.165, 1.54) is 5.56 Å². The maximum absolute atomic E-state index is 5.79. The third-order valence-corrected chi connectivity index (χ3v) is 2.82. The number of halogens is 1. The number of anilines is 2. The zero-order valence-electron chi connectivity index (χ0n) is 10.1. The number of aromatic nitrogens is 1. The van der Waals surface area contributed by atoms with Crippen molar-refractivity contribution in [2.24, 2.45) is 5.73 Å². The van der Waals surface area contributed by atoms with Crippen LogP contribution in [0.1, 0.15) is 12.0 Å². The molecule has 1 heterocycles. The van der Waals surface area contributed by atoms with E-state index in [1.807, 2.05) is 24.3 Å². The second kappa shape index (κ2) is 6.38. The van der Waals surface area contributed by atoms with Crippen molar-refractivity contribution in [1.82, 2.24) is 4.98 Å². The van der Waals surface area contributed by atoms with Crippen molar-refractivity contribution < 1.29 is 0 Å². The Kier molecular flexibility index (Phi) is 4.56. The average molecular weight is 262 g/mol. The topological polar surface area (TPSA) is 50.9 Å². The number of nitrogens with two attached hydrogens (primary N) is 1. The molecule has 1 aromatic carbocycles. The molecule has 0 aliphatic carbocycles. The molecular formula is C14H16ClN3. The Morgan fingerprint density at radius 1 is 1.22 bits per heavy atom. The molecule has 0 aliphatic heterocycles. The van der Waals surface area contributed by atoms with E-state index in [9.17, 15) is 0 Å². The van der Waals surface area contributed by atoms with Crippen LogP contribution in [-0.2, 0) is 6.42 Å². The molecule has 0 aliphatic rings. The number of pyridine rings is 1. The van der Waals surface area contributed by atoms with Crippen LogP contribution in [0.5, 0.6) is 0 Å². The number of hydrogen-bond acceptors (Lipinski definition) is 3. The van der Waals surface area contributed by atoms with Crippen molar-refractivity contribution >= 4 is 23.1 Å². The van der Waals surface area contributed by atoms with Crippen molar-refractivity contribution in [1.29, 1.82) is 0 Å². The number of hydrogen-bond donors (Lipinski definition) is 2. The van der Waals surface area contributed by atoms with E-state index in [-0.39, 0.29) is 0 Å². The number of aryl methyl sites for hydroxylation is 1. The predicted octanol–water partition coefficient (Wildman–Crippen LogP) is 3.37. The molecule has 94 valence electrons. The highest BCUT2D eigenvalue weighted by atomic mass is 35.5. The molecule has 2 aromatic rings. The van der Waals surface area contributed by atoms with E-state index in [4.69, 9.17) is 17.3 Å². The highest BCUT2D eigenvalue weighted by molar-refractivity contribution is 6.30. The first kappa shape index (κ1) is 12.9. The molecule has 0 atom stereocenters. The summed E-state index contributed by atoms with van der Waals surface area (Å²) in [5, 5.41) is 3.88. The zero-order valence-corrected chi connectivity index (χ0v) is 10.8. The SMILES string of the molecule is NCCCc1cccc(Nc2ccc(Cl)cn2)c1. The van der Waals surface area contributed by atoms with Gasteiger partial charge in [-0.2, -0.15) is 0 Å². The Morgan fingerprint density at radius 3 is 2.83 bits per heavy atom. The molecular weight excluding hydrogens is 246 g/mol. The van der Waals surface area contributed by atoms with Gasteiger partial charge in [0, 0.05) is 11.9 Å². The molecule has 0 fully saturated rings. The molecule has 0 spiro atoms. The van der Waals surface area contributed by atoms with Crippen LogP contribution in [0.2, 0.25) is 5.02 Å². The Morgan fingerprint density at radius 2 is 2.11 bits per heavy atom. The van der Waals surface area contributed by atoms with Crippen molar-refractivity contribution in [2.75, 3.05) is 11.9 Å². The molecule has 18 heavy (non-hydrogen) atoms. The van der Waals surface area contributed by atoms with Gasteiger partial charge in [-0.1, -0.05) is 23.7 Å². The summed E-state index contributed by atoms with van der Waals surface area (Å²) in [6, 6.07) is 11.9. The van der Waals surface area contributed by atoms with E-state index < -0.39 is 0 Å². The zero-order chi connectivity index (χ0) is 12.8. The van der Waals surface area contributed by atoms with Crippen LogP contribution in [0.15, 0.2) is 42.6 Å². The van der Waals surface area contributed by atoms with E-state index in [0.717, 1.165) is 30.9 Å². The van der Waals surface area contributed by atoms with Crippen LogP contribution >= 0.6 is 11.6 Å². The fourth-order valence-corrected chi connectivity index (χ4v) is 1.82. The molecule has 4 heteroatoms. The van der Waals surface area contributed by atoms with Crippen LogP contribution in [0.3, 0.4) is 0 Å². The average Bonchev–Trinajstić information content (AvgIpc) is 2.40. The third-order valence-electron chi connectivity index (χ3n) is 2.60. The fourth-order valence-electron chi connectivity index (χ4n) is 1.71. The predicted molar refractivity (Wildman–Crippen MR) is 76.3 cm³/mol. The molecule has 0 saturated carbocycles. The van der Waals surface area contributed by atoms with Gasteiger partial charge in [-0.25, -0.2) is 4.98 Å². The van der Waals surface area contributed by atoms with Crippen LogP contribution in [0, 0.1) is 0 Å². The van der Waals surface area contributed by atoms with Gasteiger partial charge in [0.25, 0.3) is 0 Å². The van der Waals surface area contributed by atoms with Gasteiger partial charge in [0.15, 0.2) is 0 Å². The summed E-state index contributed by atoms with van der Waals surface area (Å²) in [6.45, 7) is 0.719. The molecule has 0 radical (unpaired) electrons. The minimum absolute atomic E-state index is 0.636. The monoisotopic (exact) mass is 261 g/mol. The highest BCUT2D eigenvalue weighted by Gasteiger charge is 1.98. The number of nitrogens with one attached hydrogen (secondary N) is 1. The lowest BCUT2D eigenvalue weighted by Gasteiger charge is -2.07. The lowest BCUT2D eigenvalue weighted by atomic mass is 10.1. The van der Waals surface area contributed by atoms with Gasteiger partial charge in [0.2, 0.25) is 0 Å². The van der Waals surface area contributed by atoms with Gasteiger partial charge in [-0.15, -0.1) is 0 Å². The van der Waals surface area contributed by atoms with Crippen molar-refractivity contribution in [3.05, 3.63) is 53.2 Å². The van der Waals surface area contributed by atoms with Crippen molar-refractivity contribution in [3.8, 4) is 0 Å². The summed E-state index contributed by atoms with van der Waals surface area (Å²) in [6.07, 6.45) is 3.63. The first-order chi connectivity index (χ1) is 8.78. The highest BCUT2D eigenvalue weighted by Crippen LogP contribution is 2.18. The largest absolute Gasteiger partial charge is 0.340 e. The standard InChI is InChI=1S/C14H16ClN3/c15-12-6-7-14(17-10-12)18-13-5-1-3-11(9-13)4-2-8-16/h1,3,5-7,9-10H,2,4,8,16H2,(H,17,18). The van der Waals surface area contributed by atoms with Gasteiger partial charge < -0.3 is 11.1 Å². The van der Waals surface area contributed by atoms with Crippen LogP contribution in [0.4, 0.5) is 11.5 Å². The number of benzene rings is 1. The lowest BCUT2D eigenvalue weighted by Crippen LogP contribution is -2.00. The summed E-state index contributed by atoms with van der Waals surface area (Å²) in [5.41, 5.74) is 7.82. The summed E-state index contributed by atoms with van der Waals surface area (Å²) in [5.74, 6) is 0.787. The molecule has 3 N–H and O–H groups in total. The second-order valence-corrected chi connectivity index (χ2v) is 4.52. The molecule has 2 rings (SSSR count). The summed E-state index contributed by atoms with van der Waals surface area (Å²) < 4.78 is 0. The fraction of sp³-hybridized carbons (Fsp3) is 0.214. The molecule has 0 amide bonds. The second-order valence-electron chi connectivity index (χ2n) is 4.08. The maximum atomic E-state index is 5.79. The normalized spacial score (nSPS) is 10.3. The quantitative estimate of drug-likeness (QED) is 0.868. The van der Waals surface area contributed by atoms with E-state index in [1.54, 1.807) is 6.20 Å². The van der Waals surface area contributed by atoms with Gasteiger partial charge in [0.05, 0.1) is 5.02 Å². The molecule has 0 saturated heterocycles. The number of rotatable bonds is 5. The maximum Gasteiger partial charge on any atom is 0.130 e. The smallest absolute Gasteiger partial charge is 0.130 e. The minimum atomic E-state index is 0.636. The number of nitrogens with zero attached hydrogens (tertiary/aromatic N) is 1. The Labute approximate surface area is 112 Å². The van der Waals surface area contributed by atoms with Gasteiger partial charge >= 0.3 is 0 Å².